The van der Waals surface area contributed by atoms with Crippen molar-refractivity contribution in [1.29, 1.82) is 0 Å². The number of benzene rings is 1. The first-order chi connectivity index (χ1) is 10.7. The molecule has 0 unspecified atom stereocenters. The van der Waals surface area contributed by atoms with Gasteiger partial charge in [-0.15, -0.1) is 11.3 Å². The second kappa shape index (κ2) is 6.87. The molecule has 0 aliphatic carbocycles. The summed E-state index contributed by atoms with van der Waals surface area (Å²) >= 11 is 7.59. The van der Waals surface area contributed by atoms with Crippen LogP contribution in [-0.2, 0) is 13.1 Å². The molecule has 1 N–H and O–H groups in total. The quantitative estimate of drug-likeness (QED) is 0.741. The van der Waals surface area contributed by atoms with Gasteiger partial charge in [-0.3, -0.25) is 0 Å². The molecule has 22 heavy (non-hydrogen) atoms. The molecule has 112 valence electrons. The van der Waals surface area contributed by atoms with Gasteiger partial charge in [-0.2, -0.15) is 5.10 Å². The summed E-state index contributed by atoms with van der Waals surface area (Å²) in [6.45, 7) is 5.22. The average Bonchev–Trinajstić information content (AvgIpc) is 3.17. The van der Waals surface area contributed by atoms with Crippen molar-refractivity contribution >= 4 is 29.1 Å². The van der Waals surface area contributed by atoms with Gasteiger partial charge in [-0.1, -0.05) is 30.3 Å². The molecule has 2 heterocycles. The van der Waals surface area contributed by atoms with E-state index in [2.05, 4.69) is 22.0 Å². The lowest BCUT2D eigenvalue weighted by Gasteiger charge is -1.99. The fraction of sp³-hybridized carbons (Fsp3) is 0.125. The van der Waals surface area contributed by atoms with Crippen molar-refractivity contribution in [2.45, 2.75) is 13.1 Å². The van der Waals surface area contributed by atoms with Gasteiger partial charge < -0.3 is 5.32 Å². The highest BCUT2D eigenvalue weighted by atomic mass is 35.5. The van der Waals surface area contributed by atoms with Crippen LogP contribution < -0.4 is 5.32 Å². The van der Waals surface area contributed by atoms with E-state index in [1.807, 2.05) is 42.9 Å². The molecule has 1 aromatic carbocycles. The van der Waals surface area contributed by atoms with Crippen LogP contribution in [0.1, 0.15) is 10.4 Å². The van der Waals surface area contributed by atoms with Gasteiger partial charge in [0.05, 0.1) is 6.20 Å². The molecule has 3 aromatic rings. The van der Waals surface area contributed by atoms with Crippen LogP contribution in [0, 0.1) is 0 Å². The Balaban J connectivity index is 1.57. The highest BCUT2D eigenvalue weighted by Crippen LogP contribution is 2.26. The smallest absolute Gasteiger partial charge is 0.123 e. The van der Waals surface area contributed by atoms with Crippen LogP contribution >= 0.6 is 22.9 Å². The Morgan fingerprint density at radius 1 is 1.23 bits per heavy atom. The zero-order valence-corrected chi connectivity index (χ0v) is 13.4. The summed E-state index contributed by atoms with van der Waals surface area (Å²) < 4.78 is 1.70. The fourth-order valence-electron chi connectivity index (χ4n) is 2.01. The molecule has 3 rings (SSSR count). The van der Waals surface area contributed by atoms with Gasteiger partial charge in [0.15, 0.2) is 0 Å². The van der Waals surface area contributed by atoms with E-state index in [1.54, 1.807) is 22.2 Å². The van der Waals surface area contributed by atoms with Gasteiger partial charge in [0, 0.05) is 52.7 Å². The number of rotatable bonds is 6. The summed E-state index contributed by atoms with van der Waals surface area (Å²) in [6.07, 6.45) is 7.37. The van der Waals surface area contributed by atoms with Gasteiger partial charge in [-0.25, -0.2) is 9.67 Å². The number of thiazole rings is 1. The molecule has 0 atom stereocenters. The Labute approximate surface area is 138 Å². The third-order valence-corrected chi connectivity index (χ3v) is 4.41. The largest absolute Gasteiger partial charge is 0.308 e. The van der Waals surface area contributed by atoms with E-state index < -0.39 is 0 Å². The third kappa shape index (κ3) is 3.62. The van der Waals surface area contributed by atoms with Gasteiger partial charge in [0.25, 0.3) is 0 Å². The number of halogens is 1. The molecule has 2 aromatic heterocycles. The molecule has 0 saturated carbocycles. The van der Waals surface area contributed by atoms with Crippen LogP contribution in [0.5, 0.6) is 0 Å². The summed E-state index contributed by atoms with van der Waals surface area (Å²) in [5.74, 6) is 0. The highest BCUT2D eigenvalue weighted by Gasteiger charge is 2.05. The summed E-state index contributed by atoms with van der Waals surface area (Å²) in [5, 5.41) is 9.29. The standard InChI is InChI=1S/C16H15ClN4S/c1-2-21-11-12(8-20-21)7-18-9-15-10-19-16(22-15)13-3-5-14(17)6-4-13/h2-6,8,10-11,18H,1,7,9H2. The Bertz CT molecular complexity index is 761. The van der Waals surface area contributed by atoms with Crippen LogP contribution in [0.25, 0.3) is 16.8 Å². The van der Waals surface area contributed by atoms with Crippen molar-refractivity contribution in [2.75, 3.05) is 0 Å². The number of hydrogen-bond acceptors (Lipinski definition) is 4. The molecule has 0 amide bonds. The molecule has 0 fully saturated rings. The van der Waals surface area contributed by atoms with Gasteiger partial charge in [0.1, 0.15) is 5.01 Å². The predicted molar refractivity (Wildman–Crippen MR) is 91.7 cm³/mol. The monoisotopic (exact) mass is 330 g/mol. The summed E-state index contributed by atoms with van der Waals surface area (Å²) in [7, 11) is 0. The number of hydrogen-bond donors (Lipinski definition) is 1. The van der Waals surface area contributed by atoms with E-state index in [0.717, 1.165) is 34.2 Å². The molecular formula is C16H15ClN4S. The topological polar surface area (TPSA) is 42.7 Å². The second-order valence-corrected chi connectivity index (χ2v) is 6.30. The van der Waals surface area contributed by atoms with Crippen LogP contribution in [-0.4, -0.2) is 14.8 Å². The lowest BCUT2D eigenvalue weighted by Crippen LogP contribution is -2.11. The first kappa shape index (κ1) is 15.0. The van der Waals surface area contributed by atoms with Gasteiger partial charge in [-0.05, 0) is 12.1 Å². The number of aromatic nitrogens is 3. The first-order valence-electron chi connectivity index (χ1n) is 6.81. The molecule has 0 bridgehead atoms. The zero-order chi connectivity index (χ0) is 15.4. The minimum atomic E-state index is 0.738. The lowest BCUT2D eigenvalue weighted by molar-refractivity contribution is 0.700. The number of nitrogens with zero attached hydrogens (tertiary/aromatic N) is 3. The van der Waals surface area contributed by atoms with E-state index in [-0.39, 0.29) is 0 Å². The molecule has 4 nitrogen and oxygen atoms in total. The lowest BCUT2D eigenvalue weighted by atomic mass is 10.2. The van der Waals surface area contributed by atoms with Gasteiger partial charge in [0.2, 0.25) is 0 Å². The van der Waals surface area contributed by atoms with Crippen LogP contribution in [0.3, 0.4) is 0 Å². The van der Waals surface area contributed by atoms with Crippen molar-refractivity contribution < 1.29 is 0 Å². The molecule has 0 aliphatic rings. The maximum Gasteiger partial charge on any atom is 0.123 e. The summed E-state index contributed by atoms with van der Waals surface area (Å²) in [6, 6.07) is 7.74. The van der Waals surface area contributed by atoms with E-state index in [4.69, 9.17) is 11.6 Å². The normalized spacial score (nSPS) is 10.8. The van der Waals surface area contributed by atoms with Crippen molar-refractivity contribution in [2.24, 2.45) is 0 Å². The first-order valence-corrected chi connectivity index (χ1v) is 8.01. The van der Waals surface area contributed by atoms with Crippen LogP contribution in [0.15, 0.2) is 49.4 Å². The minimum Gasteiger partial charge on any atom is -0.308 e. The predicted octanol–water partition coefficient (Wildman–Crippen LogP) is 4.05. The van der Waals surface area contributed by atoms with E-state index >= 15 is 0 Å². The Hall–Kier alpha value is -1.95. The maximum atomic E-state index is 5.90. The van der Waals surface area contributed by atoms with Crippen LogP contribution in [0.4, 0.5) is 0 Å². The van der Waals surface area contributed by atoms with Crippen molar-refractivity contribution in [3.05, 3.63) is 64.9 Å². The van der Waals surface area contributed by atoms with E-state index in [1.165, 1.54) is 4.88 Å². The van der Waals surface area contributed by atoms with Crippen molar-refractivity contribution in [1.82, 2.24) is 20.1 Å². The molecule has 6 heteroatoms. The molecule has 0 saturated heterocycles. The maximum absolute atomic E-state index is 5.90. The molecular weight excluding hydrogens is 316 g/mol. The second-order valence-electron chi connectivity index (χ2n) is 4.75. The zero-order valence-electron chi connectivity index (χ0n) is 11.9. The number of nitrogens with one attached hydrogen (secondary N) is 1. The molecule has 0 spiro atoms. The summed E-state index contributed by atoms with van der Waals surface area (Å²) in [4.78, 5) is 5.66. The van der Waals surface area contributed by atoms with Crippen molar-refractivity contribution in [3.63, 3.8) is 0 Å². The van der Waals surface area contributed by atoms with Crippen molar-refractivity contribution in [3.8, 4) is 10.6 Å². The summed E-state index contributed by atoms with van der Waals surface area (Å²) in [5.41, 5.74) is 2.22. The Morgan fingerprint density at radius 3 is 2.77 bits per heavy atom. The average molecular weight is 331 g/mol. The Morgan fingerprint density at radius 2 is 2.05 bits per heavy atom. The Kier molecular flexibility index (Phi) is 4.68. The molecule has 0 aliphatic heterocycles. The van der Waals surface area contributed by atoms with Crippen LogP contribution in [0.2, 0.25) is 5.02 Å². The fourth-order valence-corrected chi connectivity index (χ4v) is 3.03. The van der Waals surface area contributed by atoms with E-state index in [9.17, 15) is 0 Å². The van der Waals surface area contributed by atoms with Gasteiger partial charge >= 0.3 is 0 Å². The highest BCUT2D eigenvalue weighted by molar-refractivity contribution is 7.15. The third-order valence-electron chi connectivity index (χ3n) is 3.12. The minimum absolute atomic E-state index is 0.738. The van der Waals surface area contributed by atoms with E-state index in [0.29, 0.717) is 0 Å². The SMILES string of the molecule is C=Cn1cc(CNCc2cnc(-c3ccc(Cl)cc3)s2)cn1. The molecule has 0 radical (unpaired) electrons.